The van der Waals surface area contributed by atoms with Gasteiger partial charge in [0.05, 0.1) is 0 Å². The van der Waals surface area contributed by atoms with Crippen molar-refractivity contribution in [2.45, 2.75) is 38.5 Å². The zero-order chi connectivity index (χ0) is 13.6. The molecule has 0 atom stereocenters. The number of benzene rings is 1. The van der Waals surface area contributed by atoms with Crippen molar-refractivity contribution in [3.05, 3.63) is 42.7 Å². The molecule has 0 amide bonds. The molecule has 1 heterocycles. The molecule has 0 unspecified atom stereocenters. The van der Waals surface area contributed by atoms with E-state index in [-0.39, 0.29) is 0 Å². The topological polar surface area (TPSA) is 29.9 Å². The van der Waals surface area contributed by atoms with E-state index in [4.69, 9.17) is 0 Å². The summed E-state index contributed by atoms with van der Waals surface area (Å²) in [5.41, 5.74) is 1.16. The Balaban J connectivity index is 1.57. The molecule has 1 aromatic carbocycles. The van der Waals surface area contributed by atoms with Crippen molar-refractivity contribution in [3.63, 3.8) is 0 Å². The molecule has 1 saturated carbocycles. The van der Waals surface area contributed by atoms with Crippen LogP contribution in [0.2, 0.25) is 0 Å². The van der Waals surface area contributed by atoms with Crippen LogP contribution in [0.1, 0.15) is 38.5 Å². The number of para-hydroxylation sites is 1. The molecule has 0 saturated heterocycles. The van der Waals surface area contributed by atoms with Gasteiger partial charge in [0.1, 0.15) is 0 Å². The van der Waals surface area contributed by atoms with Crippen LogP contribution in [0.5, 0.6) is 0 Å². The van der Waals surface area contributed by atoms with Crippen molar-refractivity contribution in [2.75, 3.05) is 11.9 Å². The molecule has 0 radical (unpaired) electrons. The largest absolute Gasteiger partial charge is 0.355 e. The molecule has 20 heavy (non-hydrogen) atoms. The van der Waals surface area contributed by atoms with Crippen molar-refractivity contribution in [1.29, 1.82) is 0 Å². The highest BCUT2D eigenvalue weighted by molar-refractivity contribution is 5.41. The van der Waals surface area contributed by atoms with E-state index >= 15 is 0 Å². The summed E-state index contributed by atoms with van der Waals surface area (Å²) in [5, 5.41) is 3.49. The third-order valence-electron chi connectivity index (χ3n) is 4.24. The maximum atomic E-state index is 4.43. The van der Waals surface area contributed by atoms with Crippen LogP contribution < -0.4 is 5.32 Å². The van der Waals surface area contributed by atoms with E-state index in [1.165, 1.54) is 38.5 Å². The van der Waals surface area contributed by atoms with Gasteiger partial charge in [-0.05, 0) is 24.5 Å². The normalized spacial score (nSPS) is 16.2. The van der Waals surface area contributed by atoms with Gasteiger partial charge in [-0.3, -0.25) is 4.57 Å². The lowest BCUT2D eigenvalue weighted by Gasteiger charge is -2.21. The van der Waals surface area contributed by atoms with E-state index in [0.29, 0.717) is 0 Å². The Bertz CT molecular complexity index is 512. The summed E-state index contributed by atoms with van der Waals surface area (Å²) in [6.07, 6.45) is 12.2. The molecule has 3 nitrogen and oxygen atoms in total. The first-order chi connectivity index (χ1) is 9.93. The molecule has 1 aliphatic rings. The van der Waals surface area contributed by atoms with Crippen LogP contribution in [0.25, 0.3) is 5.69 Å². The van der Waals surface area contributed by atoms with Gasteiger partial charge in [0, 0.05) is 24.6 Å². The first-order valence-corrected chi connectivity index (χ1v) is 7.76. The zero-order valence-corrected chi connectivity index (χ0v) is 12.0. The van der Waals surface area contributed by atoms with Crippen LogP contribution in [0.15, 0.2) is 42.7 Å². The molecule has 106 valence electrons. The van der Waals surface area contributed by atoms with E-state index < -0.39 is 0 Å². The molecule has 3 rings (SSSR count). The number of nitrogens with one attached hydrogen (secondary N) is 1. The van der Waals surface area contributed by atoms with Crippen LogP contribution in [0.3, 0.4) is 0 Å². The second kappa shape index (κ2) is 6.60. The molecule has 2 aromatic rings. The van der Waals surface area contributed by atoms with Crippen molar-refractivity contribution in [2.24, 2.45) is 5.92 Å². The zero-order valence-electron chi connectivity index (χ0n) is 12.0. The number of hydrogen-bond donors (Lipinski definition) is 1. The van der Waals surface area contributed by atoms with E-state index in [2.05, 4.69) is 39.1 Å². The van der Waals surface area contributed by atoms with Crippen LogP contribution >= 0.6 is 0 Å². The average molecular weight is 269 g/mol. The first kappa shape index (κ1) is 13.2. The fraction of sp³-hybridized carbons (Fsp3) is 0.471. The van der Waals surface area contributed by atoms with Crippen LogP contribution in [0, 0.1) is 5.92 Å². The maximum absolute atomic E-state index is 4.43. The summed E-state index contributed by atoms with van der Waals surface area (Å²) in [6.45, 7) is 1.02. The number of hydrogen-bond acceptors (Lipinski definition) is 2. The third kappa shape index (κ3) is 3.21. The molecule has 3 heteroatoms. The Hall–Kier alpha value is -1.77. The Labute approximate surface area is 121 Å². The Morgan fingerprint density at radius 2 is 1.90 bits per heavy atom. The highest BCUT2D eigenvalue weighted by atomic mass is 15.2. The molecule has 1 aromatic heterocycles. The van der Waals surface area contributed by atoms with Gasteiger partial charge in [0.25, 0.3) is 0 Å². The summed E-state index contributed by atoms with van der Waals surface area (Å²) < 4.78 is 2.11. The maximum Gasteiger partial charge on any atom is 0.207 e. The number of nitrogens with zero attached hydrogens (tertiary/aromatic N) is 2. The van der Waals surface area contributed by atoms with Crippen LogP contribution in [-0.2, 0) is 0 Å². The SMILES string of the molecule is c1ccc(-n2ccnc2NCCC2CCCCC2)cc1. The molecular formula is C17H23N3. The fourth-order valence-electron chi connectivity index (χ4n) is 3.10. The minimum Gasteiger partial charge on any atom is -0.355 e. The molecular weight excluding hydrogens is 246 g/mol. The number of imidazole rings is 1. The smallest absolute Gasteiger partial charge is 0.207 e. The minimum atomic E-state index is 0.913. The standard InChI is InChI=1S/C17H23N3/c1-3-7-15(8-4-1)11-12-18-17-19-13-14-20(17)16-9-5-2-6-10-16/h2,5-6,9-10,13-15H,1,3-4,7-8,11-12H2,(H,18,19). The highest BCUT2D eigenvalue weighted by Crippen LogP contribution is 2.26. The van der Waals surface area contributed by atoms with Crippen molar-refractivity contribution in [1.82, 2.24) is 9.55 Å². The quantitative estimate of drug-likeness (QED) is 0.879. The molecule has 0 aliphatic heterocycles. The van der Waals surface area contributed by atoms with Gasteiger partial charge in [-0.1, -0.05) is 50.3 Å². The summed E-state index contributed by atoms with van der Waals surface area (Å²) >= 11 is 0. The van der Waals surface area contributed by atoms with Gasteiger partial charge in [-0.15, -0.1) is 0 Å². The lowest BCUT2D eigenvalue weighted by Crippen LogP contribution is -2.14. The first-order valence-electron chi connectivity index (χ1n) is 7.76. The van der Waals surface area contributed by atoms with Crippen molar-refractivity contribution < 1.29 is 0 Å². The lowest BCUT2D eigenvalue weighted by molar-refractivity contribution is 0.345. The summed E-state index contributed by atoms with van der Waals surface area (Å²) in [7, 11) is 0. The van der Waals surface area contributed by atoms with Gasteiger partial charge in [0.2, 0.25) is 5.95 Å². The number of aromatic nitrogens is 2. The van der Waals surface area contributed by atoms with Gasteiger partial charge in [0.15, 0.2) is 0 Å². The molecule has 1 aliphatic carbocycles. The Kier molecular flexibility index (Phi) is 4.36. The Morgan fingerprint density at radius 1 is 1.10 bits per heavy atom. The second-order valence-electron chi connectivity index (χ2n) is 5.68. The van der Waals surface area contributed by atoms with Gasteiger partial charge in [-0.25, -0.2) is 4.98 Å². The lowest BCUT2D eigenvalue weighted by atomic mass is 9.87. The van der Waals surface area contributed by atoms with E-state index in [9.17, 15) is 0 Å². The second-order valence-corrected chi connectivity index (χ2v) is 5.68. The van der Waals surface area contributed by atoms with Crippen molar-refractivity contribution >= 4 is 5.95 Å². The minimum absolute atomic E-state index is 0.913. The summed E-state index contributed by atoms with van der Waals surface area (Å²) in [5.74, 6) is 1.86. The molecule has 0 spiro atoms. The van der Waals surface area contributed by atoms with E-state index in [1.807, 2.05) is 18.5 Å². The highest BCUT2D eigenvalue weighted by Gasteiger charge is 2.13. The van der Waals surface area contributed by atoms with Crippen molar-refractivity contribution in [3.8, 4) is 5.69 Å². The summed E-state index contributed by atoms with van der Waals surface area (Å²) in [6, 6.07) is 10.4. The van der Waals surface area contributed by atoms with Gasteiger partial charge < -0.3 is 5.32 Å². The van der Waals surface area contributed by atoms with Crippen LogP contribution in [0.4, 0.5) is 5.95 Å². The number of rotatable bonds is 5. The fourth-order valence-corrected chi connectivity index (χ4v) is 3.10. The van der Waals surface area contributed by atoms with Gasteiger partial charge in [-0.2, -0.15) is 0 Å². The average Bonchev–Trinajstić information content (AvgIpc) is 2.98. The molecule has 0 bridgehead atoms. The molecule has 1 N–H and O–H groups in total. The van der Waals surface area contributed by atoms with E-state index in [1.54, 1.807) is 0 Å². The summed E-state index contributed by atoms with van der Waals surface area (Å²) in [4.78, 5) is 4.43. The molecule has 1 fully saturated rings. The van der Waals surface area contributed by atoms with E-state index in [0.717, 1.165) is 24.1 Å². The predicted octanol–water partition coefficient (Wildman–Crippen LogP) is 4.25. The third-order valence-corrected chi connectivity index (χ3v) is 4.24. The van der Waals surface area contributed by atoms with Crippen LogP contribution in [-0.4, -0.2) is 16.1 Å². The predicted molar refractivity (Wildman–Crippen MR) is 83.2 cm³/mol. The number of anilines is 1. The van der Waals surface area contributed by atoms with Gasteiger partial charge >= 0.3 is 0 Å². The monoisotopic (exact) mass is 269 g/mol. The Morgan fingerprint density at radius 3 is 2.70 bits per heavy atom.